The largest absolute Gasteiger partial charge is 0.445 e. The lowest BCUT2D eigenvalue weighted by Crippen LogP contribution is -2.61. The molecular weight excluding hydrogens is 494 g/mol. The number of esters is 1. The third kappa shape index (κ3) is 5.60. The number of fused-ring (bicyclic) bond motifs is 2. The maximum absolute atomic E-state index is 13.4. The first-order chi connectivity index (χ1) is 18.7. The van der Waals surface area contributed by atoms with E-state index < -0.39 is 6.09 Å². The minimum Gasteiger partial charge on any atom is -0.445 e. The van der Waals surface area contributed by atoms with Gasteiger partial charge in [0.2, 0.25) is 5.91 Å². The number of nitrogens with zero attached hydrogens (tertiary/aromatic N) is 2. The van der Waals surface area contributed by atoms with E-state index in [0.717, 1.165) is 28.1 Å². The maximum Gasteiger partial charge on any atom is 0.407 e. The molecule has 39 heavy (non-hydrogen) atoms. The van der Waals surface area contributed by atoms with Crippen LogP contribution in [0.25, 0.3) is 0 Å². The van der Waals surface area contributed by atoms with Crippen LogP contribution in [-0.4, -0.2) is 37.2 Å². The Kier molecular flexibility index (Phi) is 7.28. The molecule has 8 nitrogen and oxygen atoms in total. The first-order valence-electron chi connectivity index (χ1n) is 13.2. The SMILES string of the molecule is CC(=O)Oc1ccc2c(c1)CC(C)(C)C(N1C(=O)Cc3ccccc31)N2CCNC(=O)OCc1ccccc1. The van der Waals surface area contributed by atoms with E-state index in [1.54, 1.807) is 6.07 Å². The number of anilines is 2. The minimum absolute atomic E-state index is 0.0505. The molecule has 0 aromatic heterocycles. The molecule has 2 aliphatic rings. The number of rotatable bonds is 7. The Morgan fingerprint density at radius 2 is 1.72 bits per heavy atom. The standard InChI is InChI=1S/C31H33N3O5/c1-21(35)39-25-13-14-26-24(17-25)19-31(2,3)29(34-27-12-8-7-11-23(27)18-28(34)36)33(26)16-15-32-30(37)38-20-22-9-5-4-6-10-22/h4-14,17,29H,15-16,18-20H2,1-3H3,(H,32,37). The van der Waals surface area contributed by atoms with Crippen LogP contribution in [0.4, 0.5) is 16.2 Å². The van der Waals surface area contributed by atoms with Crippen LogP contribution in [0.5, 0.6) is 5.75 Å². The molecule has 5 rings (SSSR count). The van der Waals surface area contributed by atoms with E-state index in [2.05, 4.69) is 24.1 Å². The second kappa shape index (κ2) is 10.8. The van der Waals surface area contributed by atoms with Gasteiger partial charge in [-0.25, -0.2) is 4.79 Å². The second-order valence-electron chi connectivity index (χ2n) is 10.7. The zero-order chi connectivity index (χ0) is 27.6. The van der Waals surface area contributed by atoms with Crippen LogP contribution in [-0.2, 0) is 33.8 Å². The summed E-state index contributed by atoms with van der Waals surface area (Å²) in [7, 11) is 0. The molecule has 0 saturated carbocycles. The number of nitrogens with one attached hydrogen (secondary N) is 1. The van der Waals surface area contributed by atoms with Crippen LogP contribution in [0.15, 0.2) is 72.8 Å². The van der Waals surface area contributed by atoms with Gasteiger partial charge in [0.05, 0.1) is 6.42 Å². The van der Waals surface area contributed by atoms with E-state index in [9.17, 15) is 14.4 Å². The van der Waals surface area contributed by atoms with Crippen molar-refractivity contribution in [2.24, 2.45) is 5.41 Å². The van der Waals surface area contributed by atoms with Gasteiger partial charge in [0.15, 0.2) is 0 Å². The average molecular weight is 528 g/mol. The molecule has 0 radical (unpaired) electrons. The third-order valence-electron chi connectivity index (χ3n) is 7.20. The topological polar surface area (TPSA) is 88.2 Å². The van der Waals surface area contributed by atoms with E-state index in [1.807, 2.05) is 71.6 Å². The maximum atomic E-state index is 13.4. The van der Waals surface area contributed by atoms with Crippen LogP contribution in [0.2, 0.25) is 0 Å². The third-order valence-corrected chi connectivity index (χ3v) is 7.20. The van der Waals surface area contributed by atoms with Crippen molar-refractivity contribution in [2.75, 3.05) is 22.9 Å². The van der Waals surface area contributed by atoms with Gasteiger partial charge in [-0.15, -0.1) is 0 Å². The van der Waals surface area contributed by atoms with Crippen LogP contribution in [0, 0.1) is 5.41 Å². The van der Waals surface area contributed by atoms with Crippen LogP contribution < -0.4 is 19.9 Å². The molecular formula is C31H33N3O5. The number of hydrogen-bond donors (Lipinski definition) is 1. The Morgan fingerprint density at radius 3 is 2.49 bits per heavy atom. The molecule has 1 unspecified atom stereocenters. The Bertz CT molecular complexity index is 1390. The average Bonchev–Trinajstić information content (AvgIpc) is 3.22. The summed E-state index contributed by atoms with van der Waals surface area (Å²) in [5.74, 6) is 0.160. The molecule has 8 heteroatoms. The highest BCUT2D eigenvalue weighted by Gasteiger charge is 2.47. The minimum atomic E-state index is -0.500. The van der Waals surface area contributed by atoms with Gasteiger partial charge in [0.25, 0.3) is 0 Å². The monoisotopic (exact) mass is 527 g/mol. The number of carbonyl (C=O) groups is 3. The number of para-hydroxylation sites is 1. The molecule has 0 saturated heterocycles. The zero-order valence-electron chi connectivity index (χ0n) is 22.5. The van der Waals surface area contributed by atoms with E-state index in [-0.39, 0.29) is 30.1 Å². The van der Waals surface area contributed by atoms with Gasteiger partial charge < -0.3 is 19.7 Å². The zero-order valence-corrected chi connectivity index (χ0v) is 22.5. The lowest BCUT2D eigenvalue weighted by Gasteiger charge is -2.52. The van der Waals surface area contributed by atoms with E-state index >= 15 is 0 Å². The van der Waals surface area contributed by atoms with Gasteiger partial charge in [-0.1, -0.05) is 62.4 Å². The van der Waals surface area contributed by atoms with E-state index in [1.165, 1.54) is 6.92 Å². The predicted octanol–water partition coefficient (Wildman–Crippen LogP) is 4.84. The van der Waals surface area contributed by atoms with Gasteiger partial charge >= 0.3 is 12.1 Å². The highest BCUT2D eigenvalue weighted by molar-refractivity contribution is 6.02. The normalized spacial score (nSPS) is 17.3. The molecule has 0 spiro atoms. The molecule has 3 aromatic rings. The summed E-state index contributed by atoms with van der Waals surface area (Å²) in [6.07, 6.45) is 0.248. The van der Waals surface area contributed by atoms with Crippen molar-refractivity contribution in [1.82, 2.24) is 5.32 Å². The number of carbonyl (C=O) groups excluding carboxylic acids is 3. The lowest BCUT2D eigenvalue weighted by molar-refractivity contribution is -0.131. The smallest absolute Gasteiger partial charge is 0.407 e. The van der Waals surface area contributed by atoms with E-state index in [0.29, 0.717) is 31.7 Å². The molecule has 0 aliphatic carbocycles. The molecule has 1 atom stereocenters. The van der Waals surface area contributed by atoms with Gasteiger partial charge in [-0.3, -0.25) is 14.5 Å². The van der Waals surface area contributed by atoms with Gasteiger partial charge in [0.1, 0.15) is 18.5 Å². The fourth-order valence-electron chi connectivity index (χ4n) is 5.68. The molecule has 202 valence electrons. The predicted molar refractivity (Wildman–Crippen MR) is 149 cm³/mol. The summed E-state index contributed by atoms with van der Waals surface area (Å²) in [5.41, 5.74) is 4.43. The van der Waals surface area contributed by atoms with Crippen LogP contribution in [0.3, 0.4) is 0 Å². The van der Waals surface area contributed by atoms with Crippen molar-refractivity contribution >= 4 is 29.3 Å². The van der Waals surface area contributed by atoms with Crippen molar-refractivity contribution in [3.8, 4) is 5.75 Å². The summed E-state index contributed by atoms with van der Waals surface area (Å²) in [6, 6.07) is 23.0. The van der Waals surface area contributed by atoms with Gasteiger partial charge in [0, 0.05) is 36.8 Å². The van der Waals surface area contributed by atoms with Crippen molar-refractivity contribution in [3.05, 3.63) is 89.5 Å². The van der Waals surface area contributed by atoms with Crippen LogP contribution >= 0.6 is 0 Å². The Morgan fingerprint density at radius 1 is 0.974 bits per heavy atom. The Hall–Kier alpha value is -4.33. The van der Waals surface area contributed by atoms with Crippen molar-refractivity contribution in [1.29, 1.82) is 0 Å². The highest BCUT2D eigenvalue weighted by Crippen LogP contribution is 2.46. The van der Waals surface area contributed by atoms with Crippen LogP contribution in [0.1, 0.15) is 37.5 Å². The molecule has 0 fully saturated rings. The van der Waals surface area contributed by atoms with E-state index in [4.69, 9.17) is 9.47 Å². The fraction of sp³-hybridized carbons (Fsp3) is 0.323. The number of ether oxygens (including phenoxy) is 2. The fourth-order valence-corrected chi connectivity index (χ4v) is 5.68. The molecule has 3 aromatic carbocycles. The Labute approximate surface area is 228 Å². The molecule has 2 amide bonds. The molecule has 2 aliphatic heterocycles. The molecule has 0 bridgehead atoms. The number of hydrogen-bond acceptors (Lipinski definition) is 6. The summed E-state index contributed by atoms with van der Waals surface area (Å²) in [4.78, 5) is 41.5. The number of amides is 2. The lowest BCUT2D eigenvalue weighted by atomic mass is 9.77. The van der Waals surface area contributed by atoms with Crippen molar-refractivity contribution in [2.45, 2.75) is 46.4 Å². The first kappa shape index (κ1) is 26.3. The number of alkyl carbamates (subject to hydrolysis) is 1. The molecule has 1 N–H and O–H groups in total. The summed E-state index contributed by atoms with van der Waals surface area (Å²) in [6.45, 7) is 6.61. The summed E-state index contributed by atoms with van der Waals surface area (Å²) < 4.78 is 10.7. The summed E-state index contributed by atoms with van der Waals surface area (Å²) in [5, 5.41) is 2.86. The summed E-state index contributed by atoms with van der Waals surface area (Å²) >= 11 is 0. The second-order valence-corrected chi connectivity index (χ2v) is 10.7. The molecule has 2 heterocycles. The Balaban J connectivity index is 1.41. The van der Waals surface area contributed by atoms with Gasteiger partial charge in [-0.2, -0.15) is 0 Å². The van der Waals surface area contributed by atoms with Gasteiger partial charge in [-0.05, 0) is 47.4 Å². The first-order valence-corrected chi connectivity index (χ1v) is 13.2. The number of benzene rings is 3. The van der Waals surface area contributed by atoms with Crippen molar-refractivity contribution in [3.63, 3.8) is 0 Å². The quantitative estimate of drug-likeness (QED) is 0.349. The highest BCUT2D eigenvalue weighted by atomic mass is 16.5. The van der Waals surface area contributed by atoms with Crippen molar-refractivity contribution < 1.29 is 23.9 Å².